The van der Waals surface area contributed by atoms with Gasteiger partial charge in [-0.1, -0.05) is 12.1 Å². The van der Waals surface area contributed by atoms with Gasteiger partial charge in [0.15, 0.2) is 11.5 Å². The molecule has 34 heavy (non-hydrogen) atoms. The molecule has 0 aromatic heterocycles. The zero-order chi connectivity index (χ0) is 24.2. The number of ether oxygens (including phenoxy) is 3. The van der Waals surface area contributed by atoms with Gasteiger partial charge in [0.2, 0.25) is 0 Å². The quantitative estimate of drug-likeness (QED) is 0.492. The van der Waals surface area contributed by atoms with Crippen molar-refractivity contribution in [2.75, 3.05) is 31.0 Å². The number of carbonyl (C=O) groups is 2. The van der Waals surface area contributed by atoms with Crippen LogP contribution in [0.3, 0.4) is 0 Å². The third-order valence-electron chi connectivity index (χ3n) is 5.28. The average molecular weight is 462 g/mol. The van der Waals surface area contributed by atoms with Crippen molar-refractivity contribution < 1.29 is 28.2 Å². The van der Waals surface area contributed by atoms with E-state index in [2.05, 4.69) is 5.32 Å². The highest BCUT2D eigenvalue weighted by atomic mass is 19.1. The Hall–Kier alpha value is -4.33. The van der Waals surface area contributed by atoms with E-state index in [9.17, 15) is 14.0 Å². The van der Waals surface area contributed by atoms with Crippen molar-refractivity contribution in [3.63, 3.8) is 0 Å². The smallest absolute Gasteiger partial charge is 0.282 e. The van der Waals surface area contributed by atoms with Crippen LogP contribution in [0.2, 0.25) is 0 Å². The molecule has 0 bridgehead atoms. The van der Waals surface area contributed by atoms with Gasteiger partial charge in [0, 0.05) is 11.8 Å². The van der Waals surface area contributed by atoms with Gasteiger partial charge in [0.25, 0.3) is 11.8 Å². The van der Waals surface area contributed by atoms with E-state index in [-0.39, 0.29) is 11.3 Å². The van der Waals surface area contributed by atoms with Crippen LogP contribution in [-0.2, 0) is 9.59 Å². The Bertz CT molecular complexity index is 1250. The average Bonchev–Trinajstić information content (AvgIpc) is 3.09. The highest BCUT2D eigenvalue weighted by Gasteiger charge is 2.40. The predicted molar refractivity (Wildman–Crippen MR) is 127 cm³/mol. The van der Waals surface area contributed by atoms with Crippen molar-refractivity contribution in [1.29, 1.82) is 0 Å². The van der Waals surface area contributed by atoms with Crippen LogP contribution in [0.25, 0.3) is 5.57 Å². The highest BCUT2D eigenvalue weighted by Crippen LogP contribution is 2.36. The molecule has 4 rings (SSSR count). The first kappa shape index (κ1) is 22.8. The molecule has 0 saturated carbocycles. The summed E-state index contributed by atoms with van der Waals surface area (Å²) in [5.41, 5.74) is 1.52. The zero-order valence-corrected chi connectivity index (χ0v) is 18.9. The molecule has 0 unspecified atom stereocenters. The molecule has 8 heteroatoms. The van der Waals surface area contributed by atoms with Crippen LogP contribution >= 0.6 is 0 Å². The van der Waals surface area contributed by atoms with E-state index in [4.69, 9.17) is 14.2 Å². The lowest BCUT2D eigenvalue weighted by Crippen LogP contribution is -2.32. The lowest BCUT2D eigenvalue weighted by molar-refractivity contribution is -0.120. The number of imide groups is 1. The van der Waals surface area contributed by atoms with Gasteiger partial charge in [-0.15, -0.1) is 0 Å². The van der Waals surface area contributed by atoms with Crippen LogP contribution in [0, 0.1) is 5.82 Å². The fourth-order valence-corrected chi connectivity index (χ4v) is 3.68. The molecule has 0 spiro atoms. The molecule has 1 aliphatic rings. The monoisotopic (exact) mass is 462 g/mol. The SMILES string of the molecule is CCOc1ccc(N2C(=O)C(Nc3ccc(OC)c(OC)c3)=C(c3ccc(F)cc3)C2=O)cc1. The molecule has 3 aromatic carbocycles. The summed E-state index contributed by atoms with van der Waals surface area (Å²) in [4.78, 5) is 28.0. The number of anilines is 2. The second-order valence-corrected chi connectivity index (χ2v) is 7.32. The molecule has 0 radical (unpaired) electrons. The van der Waals surface area contributed by atoms with Crippen LogP contribution in [0.4, 0.5) is 15.8 Å². The molecule has 3 aromatic rings. The van der Waals surface area contributed by atoms with Crippen LogP contribution < -0.4 is 24.4 Å². The number of halogens is 1. The van der Waals surface area contributed by atoms with Crippen LogP contribution in [-0.4, -0.2) is 32.6 Å². The Morgan fingerprint density at radius 2 is 1.53 bits per heavy atom. The largest absolute Gasteiger partial charge is 0.494 e. The first-order valence-electron chi connectivity index (χ1n) is 10.6. The zero-order valence-electron chi connectivity index (χ0n) is 18.9. The normalized spacial score (nSPS) is 13.4. The van der Waals surface area contributed by atoms with E-state index in [0.29, 0.717) is 40.8 Å². The van der Waals surface area contributed by atoms with E-state index in [1.807, 2.05) is 6.92 Å². The number of methoxy groups -OCH3 is 2. The number of rotatable bonds is 8. The second kappa shape index (κ2) is 9.66. The number of carbonyl (C=O) groups excluding carboxylic acids is 2. The molecule has 1 heterocycles. The topological polar surface area (TPSA) is 77.1 Å². The molecule has 2 amide bonds. The third kappa shape index (κ3) is 4.30. The Labute approximate surface area is 196 Å². The second-order valence-electron chi connectivity index (χ2n) is 7.32. The van der Waals surface area contributed by atoms with Crippen LogP contribution in [0.15, 0.2) is 72.4 Å². The van der Waals surface area contributed by atoms with Gasteiger partial charge in [-0.05, 0) is 61.0 Å². The van der Waals surface area contributed by atoms with E-state index in [0.717, 1.165) is 4.90 Å². The van der Waals surface area contributed by atoms with Gasteiger partial charge < -0.3 is 19.5 Å². The summed E-state index contributed by atoms with van der Waals surface area (Å²) in [6, 6.07) is 17.1. The predicted octanol–water partition coefficient (Wildman–Crippen LogP) is 4.64. The lowest BCUT2D eigenvalue weighted by Gasteiger charge is -2.16. The van der Waals surface area contributed by atoms with Crippen molar-refractivity contribution in [1.82, 2.24) is 0 Å². The summed E-state index contributed by atoms with van der Waals surface area (Å²) in [5, 5.41) is 3.06. The van der Waals surface area contributed by atoms with Crippen molar-refractivity contribution in [2.24, 2.45) is 0 Å². The third-order valence-corrected chi connectivity index (χ3v) is 5.28. The maximum atomic E-state index is 13.6. The number of amides is 2. The van der Waals surface area contributed by atoms with Crippen molar-refractivity contribution in [3.8, 4) is 17.2 Å². The summed E-state index contributed by atoms with van der Waals surface area (Å²) in [7, 11) is 3.02. The molecular weight excluding hydrogens is 439 g/mol. The number of nitrogens with zero attached hydrogens (tertiary/aromatic N) is 1. The molecule has 174 valence electrons. The molecule has 1 aliphatic heterocycles. The fourth-order valence-electron chi connectivity index (χ4n) is 3.68. The van der Waals surface area contributed by atoms with Crippen molar-refractivity contribution >= 4 is 28.8 Å². The molecule has 7 nitrogen and oxygen atoms in total. The molecule has 0 saturated heterocycles. The Morgan fingerprint density at radius 1 is 0.853 bits per heavy atom. The standard InChI is InChI=1S/C26H23FN2O5/c1-4-34-20-12-10-19(11-13-20)29-25(30)23(16-5-7-17(27)8-6-16)24(26(29)31)28-18-9-14-21(32-2)22(15-18)33-3/h5-15,28H,4H2,1-3H3. The molecule has 0 fully saturated rings. The summed E-state index contributed by atoms with van der Waals surface area (Å²) in [6.07, 6.45) is 0. The molecular formula is C26H23FN2O5. The summed E-state index contributed by atoms with van der Waals surface area (Å²) < 4.78 is 29.6. The van der Waals surface area contributed by atoms with Gasteiger partial charge in [0.1, 0.15) is 17.3 Å². The summed E-state index contributed by atoms with van der Waals surface area (Å²) in [6.45, 7) is 2.36. The van der Waals surface area contributed by atoms with Gasteiger partial charge in [-0.3, -0.25) is 9.59 Å². The number of hydrogen-bond acceptors (Lipinski definition) is 6. The van der Waals surface area contributed by atoms with Crippen LogP contribution in [0.1, 0.15) is 12.5 Å². The first-order chi connectivity index (χ1) is 16.5. The Kier molecular flexibility index (Phi) is 6.49. The van der Waals surface area contributed by atoms with E-state index >= 15 is 0 Å². The molecule has 1 N–H and O–H groups in total. The summed E-state index contributed by atoms with van der Waals surface area (Å²) in [5.74, 6) is 0.0915. The fraction of sp³-hybridized carbons (Fsp3) is 0.154. The number of hydrogen-bond donors (Lipinski definition) is 1. The highest BCUT2D eigenvalue weighted by molar-refractivity contribution is 6.46. The first-order valence-corrected chi connectivity index (χ1v) is 10.6. The Morgan fingerprint density at radius 3 is 2.15 bits per heavy atom. The van der Waals surface area contributed by atoms with Gasteiger partial charge in [0.05, 0.1) is 32.1 Å². The number of benzene rings is 3. The minimum Gasteiger partial charge on any atom is -0.494 e. The van der Waals surface area contributed by atoms with Gasteiger partial charge in [-0.2, -0.15) is 0 Å². The summed E-state index contributed by atoms with van der Waals surface area (Å²) >= 11 is 0. The number of nitrogens with one attached hydrogen (secondary N) is 1. The van der Waals surface area contributed by atoms with Crippen LogP contribution in [0.5, 0.6) is 17.2 Å². The Balaban J connectivity index is 1.76. The van der Waals surface area contributed by atoms with E-state index in [1.54, 1.807) is 42.5 Å². The maximum Gasteiger partial charge on any atom is 0.282 e. The van der Waals surface area contributed by atoms with E-state index < -0.39 is 17.6 Å². The van der Waals surface area contributed by atoms with Crippen molar-refractivity contribution in [2.45, 2.75) is 6.92 Å². The maximum absolute atomic E-state index is 13.6. The van der Waals surface area contributed by atoms with E-state index in [1.165, 1.54) is 38.5 Å². The lowest BCUT2D eigenvalue weighted by atomic mass is 10.0. The van der Waals surface area contributed by atoms with Crippen molar-refractivity contribution in [3.05, 3.63) is 83.8 Å². The molecule has 0 aliphatic carbocycles. The molecule has 0 atom stereocenters. The minimum atomic E-state index is -0.539. The van der Waals surface area contributed by atoms with Gasteiger partial charge in [-0.25, -0.2) is 9.29 Å². The van der Waals surface area contributed by atoms with Gasteiger partial charge >= 0.3 is 0 Å². The minimum absolute atomic E-state index is 0.0673.